The summed E-state index contributed by atoms with van der Waals surface area (Å²) in [6, 6.07) is 9.31. The van der Waals surface area contributed by atoms with E-state index in [9.17, 15) is 9.90 Å². The Kier molecular flexibility index (Phi) is 6.79. The Hall–Kier alpha value is -2.25. The van der Waals surface area contributed by atoms with Gasteiger partial charge in [0.15, 0.2) is 0 Å². The fraction of sp³-hybridized carbons (Fsp3) is 0.478. The van der Waals surface area contributed by atoms with Gasteiger partial charge in [-0.25, -0.2) is 4.98 Å². The molecule has 2 atom stereocenters. The summed E-state index contributed by atoms with van der Waals surface area (Å²) in [6.45, 7) is 7.39. The van der Waals surface area contributed by atoms with Crippen LogP contribution in [0.4, 0.5) is 11.5 Å². The number of aromatic nitrogens is 1. The Balaban J connectivity index is 1.20. The molecule has 2 unspecified atom stereocenters. The van der Waals surface area contributed by atoms with E-state index >= 15 is 0 Å². The second-order valence-corrected chi connectivity index (χ2v) is 9.44. The predicted molar refractivity (Wildman–Crippen MR) is 123 cm³/mol. The van der Waals surface area contributed by atoms with Crippen LogP contribution < -0.4 is 10.2 Å². The number of nitrogens with zero attached hydrogens (tertiary/aromatic N) is 3. The number of rotatable bonds is 7. The van der Waals surface area contributed by atoms with Crippen LogP contribution in [0.15, 0.2) is 41.4 Å². The number of thioether (sulfide) groups is 1. The minimum atomic E-state index is -0.169. The van der Waals surface area contributed by atoms with E-state index in [2.05, 4.69) is 33.1 Å². The quantitative estimate of drug-likeness (QED) is 0.399. The largest absolute Gasteiger partial charge is 0.508 e. The van der Waals surface area contributed by atoms with Crippen LogP contribution in [-0.2, 0) is 4.79 Å². The lowest BCUT2D eigenvalue weighted by molar-refractivity contribution is -0.108. The Bertz CT molecular complexity index is 870. The number of phenols is 1. The summed E-state index contributed by atoms with van der Waals surface area (Å²) < 4.78 is 0. The van der Waals surface area contributed by atoms with Gasteiger partial charge in [0.1, 0.15) is 17.9 Å². The van der Waals surface area contributed by atoms with Crippen molar-refractivity contribution in [3.63, 3.8) is 0 Å². The maximum Gasteiger partial charge on any atom is 0.143 e. The van der Waals surface area contributed by atoms with Crippen LogP contribution in [0, 0.1) is 6.92 Å². The third kappa shape index (κ3) is 5.08. The minimum absolute atomic E-state index is 0.169. The SMILES string of the molecule is Cc1ccnc(N2CCN(CCCCC3Sc4cc(O)ccc4NC3C=O)CC2)c1. The third-order valence-corrected chi connectivity index (χ3v) is 7.35. The zero-order chi connectivity index (χ0) is 20.9. The van der Waals surface area contributed by atoms with E-state index in [4.69, 9.17) is 0 Å². The molecule has 0 saturated carbocycles. The Morgan fingerprint density at radius 2 is 2.03 bits per heavy atom. The number of hydrogen-bond donors (Lipinski definition) is 2. The van der Waals surface area contributed by atoms with Crippen LogP contribution in [0.1, 0.15) is 24.8 Å². The van der Waals surface area contributed by atoms with Crippen molar-refractivity contribution < 1.29 is 9.90 Å². The van der Waals surface area contributed by atoms with Crippen molar-refractivity contribution >= 4 is 29.6 Å². The molecule has 1 aromatic heterocycles. The molecule has 0 aliphatic carbocycles. The second-order valence-electron chi connectivity index (χ2n) is 8.16. The van der Waals surface area contributed by atoms with Gasteiger partial charge < -0.3 is 20.1 Å². The van der Waals surface area contributed by atoms with E-state index in [1.165, 1.54) is 5.56 Å². The van der Waals surface area contributed by atoms with Gasteiger partial charge in [-0.3, -0.25) is 4.90 Å². The Morgan fingerprint density at radius 1 is 1.20 bits per heavy atom. The molecule has 0 radical (unpaired) electrons. The molecule has 0 bridgehead atoms. The highest BCUT2D eigenvalue weighted by molar-refractivity contribution is 8.00. The molecule has 4 rings (SSSR count). The van der Waals surface area contributed by atoms with Crippen molar-refractivity contribution in [3.8, 4) is 5.75 Å². The molecule has 2 aromatic rings. The van der Waals surface area contributed by atoms with Crippen molar-refractivity contribution in [2.45, 2.75) is 42.4 Å². The Labute approximate surface area is 182 Å². The van der Waals surface area contributed by atoms with Crippen molar-refractivity contribution in [3.05, 3.63) is 42.1 Å². The highest BCUT2D eigenvalue weighted by atomic mass is 32.2. The predicted octanol–water partition coefficient (Wildman–Crippen LogP) is 3.54. The minimum Gasteiger partial charge on any atom is -0.508 e. The van der Waals surface area contributed by atoms with Crippen molar-refractivity contribution in [1.82, 2.24) is 9.88 Å². The number of unbranched alkanes of at least 4 members (excludes halogenated alkanes) is 1. The van der Waals surface area contributed by atoms with Gasteiger partial charge in [-0.05, 0) is 62.2 Å². The lowest BCUT2D eigenvalue weighted by atomic mass is 10.1. The fourth-order valence-electron chi connectivity index (χ4n) is 4.17. The van der Waals surface area contributed by atoms with Crippen molar-refractivity contribution in [1.29, 1.82) is 0 Å². The number of hydrogen-bond acceptors (Lipinski definition) is 7. The number of anilines is 2. The van der Waals surface area contributed by atoms with Crippen molar-refractivity contribution in [2.24, 2.45) is 0 Å². The zero-order valence-electron chi connectivity index (χ0n) is 17.5. The van der Waals surface area contributed by atoms with Gasteiger partial charge >= 0.3 is 0 Å². The number of piperazine rings is 1. The summed E-state index contributed by atoms with van der Waals surface area (Å²) in [6.07, 6.45) is 6.13. The number of fused-ring (bicyclic) bond motifs is 1. The molecule has 160 valence electrons. The number of carbonyl (C=O) groups excluding carboxylic acids is 1. The first kappa shape index (κ1) is 21.0. The van der Waals surface area contributed by atoms with E-state index in [0.717, 1.165) is 74.7 Å². The van der Waals surface area contributed by atoms with E-state index in [1.54, 1.807) is 23.9 Å². The lowest BCUT2D eigenvalue weighted by Gasteiger charge is -2.35. The van der Waals surface area contributed by atoms with Gasteiger partial charge in [0.25, 0.3) is 0 Å². The van der Waals surface area contributed by atoms with Crippen LogP contribution in [0.3, 0.4) is 0 Å². The highest BCUT2D eigenvalue weighted by Gasteiger charge is 2.28. The van der Waals surface area contributed by atoms with Gasteiger partial charge in [0.05, 0.1) is 6.04 Å². The van der Waals surface area contributed by atoms with Gasteiger partial charge in [-0.1, -0.05) is 6.42 Å². The summed E-state index contributed by atoms with van der Waals surface area (Å²) in [5.74, 6) is 1.36. The standard InChI is InChI=1S/C23H30N4O2S/c1-17-7-8-24-23(14-17)27-12-10-26(11-13-27)9-3-2-4-21-20(16-28)25-19-6-5-18(29)15-22(19)30-21/h5-8,14-16,20-21,25,29H,2-4,9-13H2,1H3. The van der Waals surface area contributed by atoms with E-state index in [-0.39, 0.29) is 17.0 Å². The number of phenolic OH excluding ortho intramolecular Hbond substituents is 1. The van der Waals surface area contributed by atoms with E-state index in [0.29, 0.717) is 0 Å². The molecular formula is C23H30N4O2S. The van der Waals surface area contributed by atoms with E-state index in [1.807, 2.05) is 18.3 Å². The fourth-order valence-corrected chi connectivity index (χ4v) is 5.50. The molecule has 2 aliphatic heterocycles. The number of benzene rings is 1. The normalized spacial score (nSPS) is 21.7. The van der Waals surface area contributed by atoms with Gasteiger partial charge in [-0.2, -0.15) is 0 Å². The molecule has 3 heterocycles. The molecule has 0 spiro atoms. The molecule has 2 N–H and O–H groups in total. The molecule has 0 amide bonds. The number of carbonyl (C=O) groups is 1. The number of aldehydes is 1. The maximum absolute atomic E-state index is 11.6. The van der Waals surface area contributed by atoms with Gasteiger partial charge in [-0.15, -0.1) is 11.8 Å². The number of aromatic hydroxyl groups is 1. The van der Waals surface area contributed by atoms with Crippen LogP contribution >= 0.6 is 11.8 Å². The maximum atomic E-state index is 11.6. The van der Waals surface area contributed by atoms with Crippen LogP contribution in [0.25, 0.3) is 0 Å². The third-order valence-electron chi connectivity index (χ3n) is 5.92. The van der Waals surface area contributed by atoms with E-state index < -0.39 is 0 Å². The molecule has 1 saturated heterocycles. The molecule has 7 heteroatoms. The number of nitrogens with one attached hydrogen (secondary N) is 1. The van der Waals surface area contributed by atoms with Crippen LogP contribution in [0.5, 0.6) is 5.75 Å². The first-order valence-electron chi connectivity index (χ1n) is 10.7. The molecule has 2 aliphatic rings. The summed E-state index contributed by atoms with van der Waals surface area (Å²) in [5.41, 5.74) is 2.19. The van der Waals surface area contributed by atoms with Gasteiger partial charge in [0, 0.05) is 48.2 Å². The number of aryl methyl sites for hydroxylation is 1. The average molecular weight is 427 g/mol. The molecule has 1 fully saturated rings. The summed E-state index contributed by atoms with van der Waals surface area (Å²) in [7, 11) is 0. The molecule has 30 heavy (non-hydrogen) atoms. The van der Waals surface area contributed by atoms with Crippen molar-refractivity contribution in [2.75, 3.05) is 42.9 Å². The molecule has 1 aromatic carbocycles. The monoisotopic (exact) mass is 426 g/mol. The van der Waals surface area contributed by atoms with Crippen LogP contribution in [-0.4, -0.2) is 65.3 Å². The number of pyridine rings is 1. The summed E-state index contributed by atoms with van der Waals surface area (Å²) in [5, 5.41) is 13.3. The lowest BCUT2D eigenvalue weighted by Crippen LogP contribution is -2.47. The van der Waals surface area contributed by atoms with Crippen LogP contribution in [0.2, 0.25) is 0 Å². The topological polar surface area (TPSA) is 68.7 Å². The zero-order valence-corrected chi connectivity index (χ0v) is 18.3. The average Bonchev–Trinajstić information content (AvgIpc) is 2.76. The molecule has 6 nitrogen and oxygen atoms in total. The highest BCUT2D eigenvalue weighted by Crippen LogP contribution is 2.40. The second kappa shape index (κ2) is 9.71. The summed E-state index contributed by atoms with van der Waals surface area (Å²) in [4.78, 5) is 22.0. The first-order valence-corrected chi connectivity index (χ1v) is 11.6. The smallest absolute Gasteiger partial charge is 0.143 e. The van der Waals surface area contributed by atoms with Gasteiger partial charge in [0.2, 0.25) is 0 Å². The Morgan fingerprint density at radius 3 is 2.80 bits per heavy atom. The summed E-state index contributed by atoms with van der Waals surface area (Å²) >= 11 is 1.71. The molecular weight excluding hydrogens is 396 g/mol. The first-order chi connectivity index (χ1) is 14.6.